The van der Waals surface area contributed by atoms with Crippen LogP contribution in [0, 0.1) is 6.92 Å². The van der Waals surface area contributed by atoms with Crippen LogP contribution in [0.15, 0.2) is 18.2 Å². The van der Waals surface area contributed by atoms with Gasteiger partial charge in [-0.05, 0) is 31.9 Å². The molecule has 76 valence electrons. The maximum Gasteiger partial charge on any atom is 0.124 e. The van der Waals surface area contributed by atoms with Gasteiger partial charge in [0.1, 0.15) is 5.75 Å². The van der Waals surface area contributed by atoms with Crippen molar-refractivity contribution in [3.63, 3.8) is 0 Å². The van der Waals surface area contributed by atoms with E-state index in [-0.39, 0.29) is 0 Å². The predicted octanol–water partition coefficient (Wildman–Crippen LogP) is 2.60. The maximum atomic E-state index is 5.82. The lowest BCUT2D eigenvalue weighted by Gasteiger charge is -2.18. The van der Waals surface area contributed by atoms with Crippen molar-refractivity contribution in [3.8, 4) is 5.75 Å². The zero-order valence-corrected chi connectivity index (χ0v) is 9.08. The minimum absolute atomic E-state index is 0.478. The van der Waals surface area contributed by atoms with E-state index in [4.69, 9.17) is 4.74 Å². The van der Waals surface area contributed by atoms with Gasteiger partial charge in [-0.1, -0.05) is 6.07 Å². The number of hydrogen-bond donors (Lipinski definition) is 0. The van der Waals surface area contributed by atoms with Gasteiger partial charge in [-0.3, -0.25) is 0 Å². The van der Waals surface area contributed by atoms with Crippen molar-refractivity contribution in [1.29, 1.82) is 0 Å². The molecular formula is C12H17NO. The van der Waals surface area contributed by atoms with Gasteiger partial charge < -0.3 is 9.64 Å². The van der Waals surface area contributed by atoms with E-state index in [1.807, 2.05) is 0 Å². The molecule has 0 atom stereocenters. The first-order valence-corrected chi connectivity index (χ1v) is 5.12. The average molecular weight is 191 g/mol. The minimum Gasteiger partial charge on any atom is -0.490 e. The number of hydrogen-bond acceptors (Lipinski definition) is 2. The van der Waals surface area contributed by atoms with E-state index in [2.05, 4.69) is 44.1 Å². The Morgan fingerprint density at radius 3 is 2.57 bits per heavy atom. The minimum atomic E-state index is 0.478. The van der Waals surface area contributed by atoms with Crippen molar-refractivity contribution in [2.24, 2.45) is 0 Å². The zero-order valence-electron chi connectivity index (χ0n) is 9.08. The highest BCUT2D eigenvalue weighted by atomic mass is 16.5. The molecule has 1 aliphatic carbocycles. The number of benzene rings is 1. The second kappa shape index (κ2) is 3.52. The van der Waals surface area contributed by atoms with E-state index in [9.17, 15) is 0 Å². The van der Waals surface area contributed by atoms with Crippen LogP contribution >= 0.6 is 0 Å². The summed E-state index contributed by atoms with van der Waals surface area (Å²) in [6, 6.07) is 6.23. The van der Waals surface area contributed by atoms with Crippen LogP contribution in [0.1, 0.15) is 18.4 Å². The fraction of sp³-hybridized carbons (Fsp3) is 0.500. The molecule has 1 saturated carbocycles. The maximum absolute atomic E-state index is 5.82. The first-order chi connectivity index (χ1) is 6.68. The molecule has 0 aromatic heterocycles. The van der Waals surface area contributed by atoms with E-state index in [0.29, 0.717) is 6.10 Å². The van der Waals surface area contributed by atoms with E-state index in [1.165, 1.54) is 24.1 Å². The summed E-state index contributed by atoms with van der Waals surface area (Å²) in [4.78, 5) is 2.12. The highest BCUT2D eigenvalue weighted by molar-refractivity contribution is 5.57. The van der Waals surface area contributed by atoms with Gasteiger partial charge in [0.15, 0.2) is 0 Å². The Morgan fingerprint density at radius 1 is 1.29 bits per heavy atom. The molecule has 1 aromatic rings. The molecule has 0 saturated heterocycles. The highest BCUT2D eigenvalue weighted by Crippen LogP contribution is 2.32. The Morgan fingerprint density at radius 2 is 2.00 bits per heavy atom. The molecule has 0 bridgehead atoms. The van der Waals surface area contributed by atoms with Crippen LogP contribution in [0.25, 0.3) is 0 Å². The Kier molecular flexibility index (Phi) is 2.36. The second-order valence-corrected chi connectivity index (χ2v) is 4.11. The van der Waals surface area contributed by atoms with Crippen LogP contribution in [0.2, 0.25) is 0 Å². The van der Waals surface area contributed by atoms with Gasteiger partial charge >= 0.3 is 0 Å². The lowest BCUT2D eigenvalue weighted by atomic mass is 10.1. The zero-order chi connectivity index (χ0) is 10.1. The van der Waals surface area contributed by atoms with E-state index < -0.39 is 0 Å². The van der Waals surface area contributed by atoms with Crippen LogP contribution in [-0.2, 0) is 0 Å². The van der Waals surface area contributed by atoms with Crippen LogP contribution in [0.5, 0.6) is 5.75 Å². The molecule has 1 aromatic carbocycles. The summed E-state index contributed by atoms with van der Waals surface area (Å²) in [6.07, 6.45) is 2.91. The summed E-state index contributed by atoms with van der Waals surface area (Å²) < 4.78 is 5.82. The van der Waals surface area contributed by atoms with Crippen molar-refractivity contribution in [3.05, 3.63) is 23.8 Å². The number of anilines is 1. The third-order valence-corrected chi connectivity index (χ3v) is 2.56. The van der Waals surface area contributed by atoms with Gasteiger partial charge in [-0.25, -0.2) is 0 Å². The molecule has 1 aliphatic rings. The molecule has 2 rings (SSSR count). The van der Waals surface area contributed by atoms with Gasteiger partial charge in [-0.15, -0.1) is 0 Å². The molecule has 0 N–H and O–H groups in total. The summed E-state index contributed by atoms with van der Waals surface area (Å²) in [7, 11) is 4.12. The molecule has 0 amide bonds. The summed E-state index contributed by atoms with van der Waals surface area (Å²) in [5.41, 5.74) is 2.48. The van der Waals surface area contributed by atoms with Gasteiger partial charge in [0.05, 0.1) is 6.10 Å². The number of ether oxygens (including phenoxy) is 1. The SMILES string of the molecule is Cc1c(OC2CC2)cccc1N(C)C. The third kappa shape index (κ3) is 1.84. The molecule has 1 fully saturated rings. The molecule has 2 nitrogen and oxygen atoms in total. The van der Waals surface area contributed by atoms with Gasteiger partial charge in [-0.2, -0.15) is 0 Å². The second-order valence-electron chi connectivity index (χ2n) is 4.11. The van der Waals surface area contributed by atoms with Crippen LogP contribution in [0.3, 0.4) is 0 Å². The lowest BCUT2D eigenvalue weighted by molar-refractivity contribution is 0.301. The molecule has 0 spiro atoms. The Balaban J connectivity index is 2.25. The van der Waals surface area contributed by atoms with Crippen LogP contribution < -0.4 is 9.64 Å². The van der Waals surface area contributed by atoms with Crippen LogP contribution in [-0.4, -0.2) is 20.2 Å². The molecule has 0 radical (unpaired) electrons. The predicted molar refractivity (Wildman–Crippen MR) is 59.2 cm³/mol. The van der Waals surface area contributed by atoms with Crippen LogP contribution in [0.4, 0.5) is 5.69 Å². The first-order valence-electron chi connectivity index (χ1n) is 5.12. The monoisotopic (exact) mass is 191 g/mol. The summed E-state index contributed by atoms with van der Waals surface area (Å²) in [6.45, 7) is 2.12. The largest absolute Gasteiger partial charge is 0.490 e. The molecule has 0 aliphatic heterocycles. The average Bonchev–Trinajstić information content (AvgIpc) is 2.92. The molecular weight excluding hydrogens is 174 g/mol. The van der Waals surface area contributed by atoms with Gasteiger partial charge in [0, 0.05) is 25.3 Å². The van der Waals surface area contributed by atoms with Crippen molar-refractivity contribution in [2.75, 3.05) is 19.0 Å². The van der Waals surface area contributed by atoms with E-state index >= 15 is 0 Å². The van der Waals surface area contributed by atoms with Crippen molar-refractivity contribution >= 4 is 5.69 Å². The van der Waals surface area contributed by atoms with E-state index in [0.717, 1.165) is 5.75 Å². The molecule has 0 heterocycles. The smallest absolute Gasteiger partial charge is 0.124 e. The summed E-state index contributed by atoms with van der Waals surface area (Å²) in [5.74, 6) is 1.04. The Bertz CT molecular complexity index is 329. The van der Waals surface area contributed by atoms with Gasteiger partial charge in [0.2, 0.25) is 0 Å². The first kappa shape index (κ1) is 9.38. The van der Waals surface area contributed by atoms with Crippen molar-refractivity contribution in [2.45, 2.75) is 25.9 Å². The lowest BCUT2D eigenvalue weighted by Crippen LogP contribution is -2.11. The molecule has 14 heavy (non-hydrogen) atoms. The molecule has 2 heteroatoms. The van der Waals surface area contributed by atoms with Gasteiger partial charge in [0.25, 0.3) is 0 Å². The summed E-state index contributed by atoms with van der Waals surface area (Å²) >= 11 is 0. The third-order valence-electron chi connectivity index (χ3n) is 2.56. The summed E-state index contributed by atoms with van der Waals surface area (Å²) in [5, 5.41) is 0. The number of rotatable bonds is 3. The number of nitrogens with zero attached hydrogens (tertiary/aromatic N) is 1. The standard InChI is InChI=1S/C12H17NO/c1-9-11(13(2)3)5-4-6-12(9)14-10-7-8-10/h4-6,10H,7-8H2,1-3H3. The van der Waals surface area contributed by atoms with E-state index in [1.54, 1.807) is 0 Å². The highest BCUT2D eigenvalue weighted by Gasteiger charge is 2.24. The fourth-order valence-corrected chi connectivity index (χ4v) is 1.58. The fourth-order valence-electron chi connectivity index (χ4n) is 1.58. The molecule has 0 unspecified atom stereocenters. The topological polar surface area (TPSA) is 12.5 Å². The Hall–Kier alpha value is -1.18. The normalized spacial score (nSPS) is 15.4. The quantitative estimate of drug-likeness (QED) is 0.728. The Labute approximate surface area is 85.5 Å². The van der Waals surface area contributed by atoms with Crippen molar-refractivity contribution in [1.82, 2.24) is 0 Å². The van der Waals surface area contributed by atoms with Crippen molar-refractivity contribution < 1.29 is 4.74 Å².